The highest BCUT2D eigenvalue weighted by Gasteiger charge is 2.40. The minimum atomic E-state index is -0.784. The minimum absolute atomic E-state index is 0.0110. The van der Waals surface area contributed by atoms with Crippen LogP contribution in [0.1, 0.15) is 42.5 Å². The number of fused-ring (bicyclic) bond motifs is 2. The van der Waals surface area contributed by atoms with E-state index in [1.54, 1.807) is 23.1 Å². The van der Waals surface area contributed by atoms with Crippen LogP contribution >= 0.6 is 0 Å². The van der Waals surface area contributed by atoms with Gasteiger partial charge in [0.2, 0.25) is 12.7 Å². The topological polar surface area (TPSA) is 110 Å². The first-order chi connectivity index (χ1) is 17.1. The minimum Gasteiger partial charge on any atom is -0.454 e. The standard InChI is InChI=1S/C25H35N3O7/c29-18-13-28(25(31)17-3-6-21-22(11-17)34-16-33-21)20-5-4-19(35-23(20)15-32-14-18)12-24(30)26-7-10-27-8-1-2-9-27/h3,6,11,18-20,23,29H,1-2,4-5,7-10,12-16H2,(H,26,30)/t18-,19-,20+,23-/m0/s1. The summed E-state index contributed by atoms with van der Waals surface area (Å²) in [5, 5.41) is 13.4. The van der Waals surface area contributed by atoms with Gasteiger partial charge in [-0.25, -0.2) is 0 Å². The first kappa shape index (κ1) is 24.3. The Morgan fingerprint density at radius 3 is 2.77 bits per heavy atom. The summed E-state index contributed by atoms with van der Waals surface area (Å²) in [4.78, 5) is 30.1. The van der Waals surface area contributed by atoms with Crippen molar-refractivity contribution in [1.82, 2.24) is 15.1 Å². The number of β-amino-alcohol motifs (C(OH)–C–C–N with tert-alkyl or cyclic N) is 1. The van der Waals surface area contributed by atoms with Gasteiger partial charge in [0.1, 0.15) is 6.10 Å². The lowest BCUT2D eigenvalue weighted by Crippen LogP contribution is -2.57. The Hall–Kier alpha value is -2.40. The van der Waals surface area contributed by atoms with E-state index in [-0.39, 0.29) is 56.6 Å². The Morgan fingerprint density at radius 1 is 1.09 bits per heavy atom. The van der Waals surface area contributed by atoms with E-state index in [0.29, 0.717) is 42.9 Å². The molecule has 1 aromatic rings. The van der Waals surface area contributed by atoms with Gasteiger partial charge in [-0.05, 0) is 57.0 Å². The fourth-order valence-electron chi connectivity index (χ4n) is 5.41. The van der Waals surface area contributed by atoms with Crippen molar-refractivity contribution in [2.24, 2.45) is 0 Å². The van der Waals surface area contributed by atoms with Gasteiger partial charge in [0.05, 0.1) is 37.9 Å². The maximum atomic E-state index is 13.5. The predicted molar refractivity (Wildman–Crippen MR) is 125 cm³/mol. The normalized spacial score (nSPS) is 28.8. The van der Waals surface area contributed by atoms with Crippen LogP contribution < -0.4 is 14.8 Å². The molecule has 10 nitrogen and oxygen atoms in total. The quantitative estimate of drug-likeness (QED) is 0.603. The van der Waals surface area contributed by atoms with Gasteiger partial charge >= 0.3 is 0 Å². The number of rotatable bonds is 6. The van der Waals surface area contributed by atoms with Gasteiger partial charge in [-0.3, -0.25) is 9.59 Å². The molecule has 4 aliphatic heterocycles. The third-order valence-corrected chi connectivity index (χ3v) is 7.22. The molecule has 4 heterocycles. The van der Waals surface area contributed by atoms with Crippen molar-refractivity contribution in [3.05, 3.63) is 23.8 Å². The van der Waals surface area contributed by atoms with Gasteiger partial charge in [0, 0.05) is 25.2 Å². The van der Waals surface area contributed by atoms with E-state index in [0.717, 1.165) is 19.6 Å². The highest BCUT2D eigenvalue weighted by Crippen LogP contribution is 2.34. The molecule has 1 aromatic carbocycles. The number of hydrogen-bond donors (Lipinski definition) is 2. The van der Waals surface area contributed by atoms with Crippen molar-refractivity contribution < 1.29 is 33.6 Å². The van der Waals surface area contributed by atoms with Crippen LogP contribution in [0.3, 0.4) is 0 Å². The molecule has 0 unspecified atom stereocenters. The van der Waals surface area contributed by atoms with Gasteiger partial charge in [-0.2, -0.15) is 0 Å². The third-order valence-electron chi connectivity index (χ3n) is 7.22. The van der Waals surface area contributed by atoms with E-state index in [4.69, 9.17) is 18.9 Å². The van der Waals surface area contributed by atoms with E-state index in [1.165, 1.54) is 12.8 Å². The lowest BCUT2D eigenvalue weighted by Gasteiger charge is -2.44. The highest BCUT2D eigenvalue weighted by molar-refractivity contribution is 5.95. The number of hydrogen-bond acceptors (Lipinski definition) is 8. The summed E-state index contributed by atoms with van der Waals surface area (Å²) in [5.41, 5.74) is 0.473. The van der Waals surface area contributed by atoms with Gasteiger partial charge in [-0.15, -0.1) is 0 Å². The van der Waals surface area contributed by atoms with Crippen LogP contribution in [0, 0.1) is 0 Å². The predicted octanol–water partition coefficient (Wildman–Crippen LogP) is 0.767. The second kappa shape index (κ2) is 11.1. The smallest absolute Gasteiger partial charge is 0.254 e. The fraction of sp³-hybridized carbons (Fsp3) is 0.680. The second-order valence-electron chi connectivity index (χ2n) is 9.76. The molecule has 5 rings (SSSR count). The number of carbonyl (C=O) groups is 2. The Bertz CT molecular complexity index is 907. The number of carbonyl (C=O) groups excluding carboxylic acids is 2. The molecule has 10 heteroatoms. The van der Waals surface area contributed by atoms with Gasteiger partial charge in [0.15, 0.2) is 11.5 Å². The van der Waals surface area contributed by atoms with Crippen LogP contribution in [0.5, 0.6) is 11.5 Å². The molecule has 192 valence electrons. The zero-order valence-electron chi connectivity index (χ0n) is 20.0. The Kier molecular flexibility index (Phi) is 7.72. The molecule has 0 spiro atoms. The van der Waals surface area contributed by atoms with Crippen molar-refractivity contribution in [2.45, 2.75) is 56.5 Å². The van der Waals surface area contributed by atoms with Crippen molar-refractivity contribution in [1.29, 1.82) is 0 Å². The maximum absolute atomic E-state index is 13.5. The zero-order valence-corrected chi connectivity index (χ0v) is 20.0. The van der Waals surface area contributed by atoms with E-state index in [1.807, 2.05) is 0 Å². The molecule has 0 aromatic heterocycles. The van der Waals surface area contributed by atoms with E-state index >= 15 is 0 Å². The number of nitrogens with zero attached hydrogens (tertiary/aromatic N) is 2. The van der Waals surface area contributed by atoms with Crippen LogP contribution in [0.15, 0.2) is 18.2 Å². The fourth-order valence-corrected chi connectivity index (χ4v) is 5.41. The van der Waals surface area contributed by atoms with Crippen molar-refractivity contribution in [2.75, 3.05) is 52.7 Å². The molecule has 0 aliphatic carbocycles. The molecule has 0 bridgehead atoms. The third kappa shape index (κ3) is 5.88. The summed E-state index contributed by atoms with van der Waals surface area (Å²) in [7, 11) is 0. The number of aliphatic hydroxyl groups is 1. The van der Waals surface area contributed by atoms with Gasteiger partial charge < -0.3 is 39.2 Å². The van der Waals surface area contributed by atoms with Crippen LogP contribution in [0.4, 0.5) is 0 Å². The van der Waals surface area contributed by atoms with E-state index in [2.05, 4.69) is 10.2 Å². The van der Waals surface area contributed by atoms with Crippen molar-refractivity contribution in [3.63, 3.8) is 0 Å². The lowest BCUT2D eigenvalue weighted by atomic mass is 9.94. The van der Waals surface area contributed by atoms with Crippen LogP contribution in [-0.4, -0.2) is 104 Å². The number of nitrogens with one attached hydrogen (secondary N) is 1. The average molecular weight is 490 g/mol. The maximum Gasteiger partial charge on any atom is 0.254 e. The van der Waals surface area contributed by atoms with E-state index in [9.17, 15) is 14.7 Å². The number of likely N-dealkylation sites (tertiary alicyclic amines) is 1. The first-order valence-electron chi connectivity index (χ1n) is 12.7. The Balaban J connectivity index is 1.20. The molecule has 4 atom stereocenters. The highest BCUT2D eigenvalue weighted by atomic mass is 16.7. The van der Waals surface area contributed by atoms with Gasteiger partial charge in [-0.1, -0.05) is 0 Å². The molecule has 3 fully saturated rings. The molecule has 35 heavy (non-hydrogen) atoms. The summed E-state index contributed by atoms with van der Waals surface area (Å²) in [5.74, 6) is 0.950. The molecular weight excluding hydrogens is 454 g/mol. The summed E-state index contributed by atoms with van der Waals surface area (Å²) in [6.07, 6.45) is 2.72. The Labute approximate surface area is 205 Å². The largest absolute Gasteiger partial charge is 0.454 e. The number of aliphatic hydroxyl groups excluding tert-OH is 1. The molecule has 0 radical (unpaired) electrons. The van der Waals surface area contributed by atoms with Crippen molar-refractivity contribution in [3.8, 4) is 11.5 Å². The average Bonchev–Trinajstić information content (AvgIpc) is 3.53. The summed E-state index contributed by atoms with van der Waals surface area (Å²) in [6, 6.07) is 4.87. The zero-order chi connectivity index (χ0) is 24.2. The van der Waals surface area contributed by atoms with Crippen LogP contribution in [-0.2, 0) is 14.3 Å². The number of ether oxygens (including phenoxy) is 4. The monoisotopic (exact) mass is 489 g/mol. The number of benzene rings is 1. The molecule has 0 saturated carbocycles. The molecule has 4 aliphatic rings. The Morgan fingerprint density at radius 2 is 1.91 bits per heavy atom. The van der Waals surface area contributed by atoms with Crippen LogP contribution in [0.25, 0.3) is 0 Å². The molecule has 3 saturated heterocycles. The van der Waals surface area contributed by atoms with Crippen molar-refractivity contribution >= 4 is 11.8 Å². The van der Waals surface area contributed by atoms with Gasteiger partial charge in [0.25, 0.3) is 5.91 Å². The summed E-state index contributed by atoms with van der Waals surface area (Å²) >= 11 is 0. The summed E-state index contributed by atoms with van der Waals surface area (Å²) in [6.45, 7) is 4.43. The SMILES string of the molecule is O=C(C[C@@H]1CC[C@@H]2[C@H](COC[C@@H](O)CN2C(=O)c2ccc3c(c2)OCO3)O1)NCCN1CCCC1. The molecular formula is C25H35N3O7. The lowest BCUT2D eigenvalue weighted by molar-refractivity contribution is -0.150. The first-order valence-corrected chi connectivity index (χ1v) is 12.7. The van der Waals surface area contributed by atoms with E-state index < -0.39 is 6.10 Å². The summed E-state index contributed by atoms with van der Waals surface area (Å²) < 4.78 is 22.7. The molecule has 2 N–H and O–H groups in total. The second-order valence-corrected chi connectivity index (χ2v) is 9.76. The molecule has 2 amide bonds. The number of amides is 2. The van der Waals surface area contributed by atoms with Crippen LogP contribution in [0.2, 0.25) is 0 Å².